The van der Waals surface area contributed by atoms with Crippen LogP contribution in [0.25, 0.3) is 0 Å². The van der Waals surface area contributed by atoms with Gasteiger partial charge >= 0.3 is 0 Å². The maximum absolute atomic E-state index is 11.7. The van der Waals surface area contributed by atoms with Gasteiger partial charge in [0.2, 0.25) is 0 Å². The van der Waals surface area contributed by atoms with Gasteiger partial charge in [-0.15, -0.1) is 11.3 Å². The first kappa shape index (κ1) is 16.0. The number of aryl methyl sites for hydroxylation is 1. The van der Waals surface area contributed by atoms with E-state index in [0.717, 1.165) is 21.9 Å². The molecule has 116 valence electrons. The molecule has 0 spiro atoms. The molecule has 2 N–H and O–H groups in total. The van der Waals surface area contributed by atoms with Crippen LogP contribution < -0.4 is 15.5 Å². The number of carbonyl (C=O) groups excluding carboxylic acids is 1. The molecule has 2 rings (SSSR count). The quantitative estimate of drug-likeness (QED) is 0.609. The molecule has 1 aromatic carbocycles. The Labute approximate surface area is 134 Å². The highest BCUT2D eigenvalue weighted by molar-refractivity contribution is 7.11. The van der Waals surface area contributed by atoms with Gasteiger partial charge in [-0.2, -0.15) is 5.10 Å². The second-order valence-electron chi connectivity index (χ2n) is 4.57. The van der Waals surface area contributed by atoms with E-state index in [-0.39, 0.29) is 12.5 Å². The average molecular weight is 317 g/mol. The summed E-state index contributed by atoms with van der Waals surface area (Å²) in [7, 11) is 0. The molecule has 2 aromatic rings. The number of hydrogen-bond acceptors (Lipinski definition) is 5. The fraction of sp³-hybridized carbons (Fsp3) is 0.250. The number of thiophene rings is 1. The fourth-order valence-corrected chi connectivity index (χ4v) is 2.52. The van der Waals surface area contributed by atoms with Crippen LogP contribution in [0.3, 0.4) is 0 Å². The van der Waals surface area contributed by atoms with E-state index < -0.39 is 0 Å². The number of carbonyl (C=O) groups is 1. The number of nitrogens with zero attached hydrogens (tertiary/aromatic N) is 1. The lowest BCUT2D eigenvalue weighted by molar-refractivity contribution is -0.119. The molecule has 0 aliphatic rings. The van der Waals surface area contributed by atoms with Crippen molar-refractivity contribution < 1.29 is 9.53 Å². The van der Waals surface area contributed by atoms with Gasteiger partial charge in [-0.25, -0.2) is 5.43 Å². The van der Waals surface area contributed by atoms with Crippen molar-refractivity contribution >= 4 is 29.1 Å². The van der Waals surface area contributed by atoms with Crippen molar-refractivity contribution in [3.63, 3.8) is 0 Å². The van der Waals surface area contributed by atoms with E-state index in [1.165, 1.54) is 0 Å². The zero-order chi connectivity index (χ0) is 15.8. The molecule has 0 saturated carbocycles. The van der Waals surface area contributed by atoms with Gasteiger partial charge in [0, 0.05) is 10.6 Å². The van der Waals surface area contributed by atoms with Gasteiger partial charge in [-0.05, 0) is 55.1 Å². The van der Waals surface area contributed by atoms with Gasteiger partial charge in [-0.3, -0.25) is 4.79 Å². The van der Waals surface area contributed by atoms with Crippen LogP contribution in [0.4, 0.5) is 5.69 Å². The summed E-state index contributed by atoms with van der Waals surface area (Å²) < 4.78 is 5.36. The summed E-state index contributed by atoms with van der Waals surface area (Å²) in [5, 5.41) is 8.97. The third kappa shape index (κ3) is 4.89. The van der Waals surface area contributed by atoms with Crippen LogP contribution in [-0.4, -0.2) is 25.3 Å². The monoisotopic (exact) mass is 317 g/mol. The van der Waals surface area contributed by atoms with E-state index in [1.807, 2.05) is 49.6 Å². The molecule has 0 saturated heterocycles. The van der Waals surface area contributed by atoms with Crippen molar-refractivity contribution in [3.8, 4) is 5.75 Å². The molecule has 6 heteroatoms. The van der Waals surface area contributed by atoms with Crippen LogP contribution in [0.2, 0.25) is 0 Å². The molecule has 0 fully saturated rings. The van der Waals surface area contributed by atoms with E-state index in [2.05, 4.69) is 15.8 Å². The molecular formula is C16H19N3O2S. The second-order valence-corrected chi connectivity index (χ2v) is 5.52. The maximum atomic E-state index is 11.7. The molecule has 1 amide bonds. The molecule has 0 aliphatic carbocycles. The third-order valence-electron chi connectivity index (χ3n) is 2.89. The molecule has 0 radical (unpaired) electrons. The predicted molar refractivity (Wildman–Crippen MR) is 90.9 cm³/mol. The maximum Gasteiger partial charge on any atom is 0.259 e. The Morgan fingerprint density at radius 2 is 2.09 bits per heavy atom. The van der Waals surface area contributed by atoms with Crippen molar-refractivity contribution in [2.24, 2.45) is 5.10 Å². The molecule has 0 unspecified atom stereocenters. The van der Waals surface area contributed by atoms with Gasteiger partial charge in [0.15, 0.2) is 0 Å². The second kappa shape index (κ2) is 8.19. The lowest BCUT2D eigenvalue weighted by Crippen LogP contribution is -2.25. The molecular weight excluding hydrogens is 298 g/mol. The number of ether oxygens (including phenoxy) is 1. The first-order valence-corrected chi connectivity index (χ1v) is 7.89. The van der Waals surface area contributed by atoms with Gasteiger partial charge in [0.1, 0.15) is 5.75 Å². The highest BCUT2D eigenvalue weighted by atomic mass is 32.1. The standard InChI is InChI=1S/C16H19N3O2S/c1-3-21-14-6-4-13(5-7-14)17-11-16(20)19-18-10-15-12(2)8-9-22-15/h4-10,17H,3,11H2,1-2H3,(H,19,20)/b18-10+. The summed E-state index contributed by atoms with van der Waals surface area (Å²) in [6.07, 6.45) is 1.66. The number of hydrogen-bond donors (Lipinski definition) is 2. The largest absolute Gasteiger partial charge is 0.494 e. The van der Waals surface area contributed by atoms with Gasteiger partial charge in [-0.1, -0.05) is 0 Å². The predicted octanol–water partition coefficient (Wildman–Crippen LogP) is 3.02. The van der Waals surface area contributed by atoms with Gasteiger partial charge in [0.05, 0.1) is 19.4 Å². The van der Waals surface area contributed by atoms with Crippen molar-refractivity contribution in [1.82, 2.24) is 5.43 Å². The summed E-state index contributed by atoms with van der Waals surface area (Å²) in [6, 6.07) is 9.48. The van der Waals surface area contributed by atoms with Gasteiger partial charge in [0.25, 0.3) is 5.91 Å². The molecule has 22 heavy (non-hydrogen) atoms. The van der Waals surface area contributed by atoms with Crippen molar-refractivity contribution in [2.45, 2.75) is 13.8 Å². The topological polar surface area (TPSA) is 62.7 Å². The Morgan fingerprint density at radius 1 is 1.32 bits per heavy atom. The SMILES string of the molecule is CCOc1ccc(NCC(=O)N/N=C/c2sccc2C)cc1. The first-order chi connectivity index (χ1) is 10.7. The number of nitrogens with one attached hydrogen (secondary N) is 2. The van der Waals surface area contributed by atoms with Crippen LogP contribution in [0, 0.1) is 6.92 Å². The number of amides is 1. The molecule has 1 heterocycles. The fourth-order valence-electron chi connectivity index (χ4n) is 1.74. The minimum Gasteiger partial charge on any atom is -0.494 e. The van der Waals surface area contributed by atoms with Crippen molar-refractivity contribution in [1.29, 1.82) is 0 Å². The first-order valence-electron chi connectivity index (χ1n) is 7.01. The highest BCUT2D eigenvalue weighted by Crippen LogP contribution is 2.15. The third-order valence-corrected chi connectivity index (χ3v) is 3.84. The molecule has 5 nitrogen and oxygen atoms in total. The van der Waals surface area contributed by atoms with Crippen molar-refractivity contribution in [3.05, 3.63) is 46.2 Å². The van der Waals surface area contributed by atoms with Crippen LogP contribution in [0.1, 0.15) is 17.4 Å². The molecule has 0 atom stereocenters. The average Bonchev–Trinajstić information content (AvgIpc) is 2.92. The van der Waals surface area contributed by atoms with Crippen LogP contribution >= 0.6 is 11.3 Å². The van der Waals surface area contributed by atoms with Crippen LogP contribution in [0.15, 0.2) is 40.8 Å². The zero-order valence-corrected chi connectivity index (χ0v) is 13.4. The summed E-state index contributed by atoms with van der Waals surface area (Å²) in [6.45, 7) is 4.74. The molecule has 0 aliphatic heterocycles. The van der Waals surface area contributed by atoms with E-state index in [9.17, 15) is 4.79 Å². The summed E-state index contributed by atoms with van der Waals surface area (Å²) in [5.41, 5.74) is 4.51. The van der Waals surface area contributed by atoms with Crippen LogP contribution in [0.5, 0.6) is 5.75 Å². The van der Waals surface area contributed by atoms with Crippen molar-refractivity contribution in [2.75, 3.05) is 18.5 Å². The minimum absolute atomic E-state index is 0.161. The smallest absolute Gasteiger partial charge is 0.259 e. The summed E-state index contributed by atoms with van der Waals surface area (Å²) in [4.78, 5) is 12.7. The Hall–Kier alpha value is -2.34. The Morgan fingerprint density at radius 3 is 2.73 bits per heavy atom. The number of hydrazone groups is 1. The number of anilines is 1. The van der Waals surface area contributed by atoms with E-state index in [4.69, 9.17) is 4.74 Å². The van der Waals surface area contributed by atoms with E-state index >= 15 is 0 Å². The Balaban J connectivity index is 1.75. The minimum atomic E-state index is -0.195. The lowest BCUT2D eigenvalue weighted by atomic mass is 10.3. The lowest BCUT2D eigenvalue weighted by Gasteiger charge is -2.07. The molecule has 0 bridgehead atoms. The van der Waals surface area contributed by atoms with E-state index in [0.29, 0.717) is 6.61 Å². The Bertz CT molecular complexity index is 635. The normalized spacial score (nSPS) is 10.6. The highest BCUT2D eigenvalue weighted by Gasteiger charge is 2.00. The van der Waals surface area contributed by atoms with Crippen LogP contribution in [-0.2, 0) is 4.79 Å². The van der Waals surface area contributed by atoms with E-state index in [1.54, 1.807) is 17.6 Å². The number of benzene rings is 1. The van der Waals surface area contributed by atoms with Gasteiger partial charge < -0.3 is 10.1 Å². The zero-order valence-electron chi connectivity index (χ0n) is 12.6. The summed E-state index contributed by atoms with van der Waals surface area (Å²) in [5.74, 6) is 0.618. The number of rotatable bonds is 7. The summed E-state index contributed by atoms with van der Waals surface area (Å²) >= 11 is 1.59. The molecule has 1 aromatic heterocycles. The Kier molecular flexibility index (Phi) is 5.97.